The third-order valence-corrected chi connectivity index (χ3v) is 11.8. The van der Waals surface area contributed by atoms with Gasteiger partial charge in [0.1, 0.15) is 17.3 Å². The Labute approximate surface area is 201 Å². The molecule has 0 heterocycles. The van der Waals surface area contributed by atoms with Gasteiger partial charge in [-0.1, -0.05) is 39.3 Å². The maximum Gasteiger partial charge on any atom is 0.250 e. The average molecular weight is 471 g/mol. The zero-order valence-electron chi connectivity index (χ0n) is 22.1. The lowest BCUT2D eigenvalue weighted by molar-refractivity contribution is 0.0507. The molecule has 0 N–H and O–H groups in total. The molecule has 0 spiro atoms. The lowest BCUT2D eigenvalue weighted by Crippen LogP contribution is -2.40. The highest BCUT2D eigenvalue weighted by Crippen LogP contribution is 2.50. The molecule has 0 saturated heterocycles. The van der Waals surface area contributed by atoms with Crippen LogP contribution in [0.25, 0.3) is 5.76 Å². The van der Waals surface area contributed by atoms with Crippen molar-refractivity contribution in [2.24, 2.45) is 5.92 Å². The Kier molecular flexibility index (Phi) is 7.85. The van der Waals surface area contributed by atoms with Crippen LogP contribution in [0.15, 0.2) is 46.6 Å². The summed E-state index contributed by atoms with van der Waals surface area (Å²) in [6, 6.07) is 5.96. The van der Waals surface area contributed by atoms with Crippen LogP contribution >= 0.6 is 0 Å². The molecule has 1 aromatic carbocycles. The van der Waals surface area contributed by atoms with E-state index in [0.717, 1.165) is 48.5 Å². The molecule has 0 amide bonds. The van der Waals surface area contributed by atoms with E-state index >= 15 is 0 Å². The molecular weight excluding hydrogens is 428 g/mol. The maximum atomic E-state index is 7.18. The van der Waals surface area contributed by atoms with Gasteiger partial charge in [0.25, 0.3) is 8.32 Å². The molecule has 1 saturated carbocycles. The molecule has 3 rings (SSSR count). The molecule has 0 aromatic heterocycles. The zero-order chi connectivity index (χ0) is 24.4. The van der Waals surface area contributed by atoms with E-state index in [2.05, 4.69) is 59.9 Å². The van der Waals surface area contributed by atoms with Gasteiger partial charge in [-0.3, -0.25) is 0 Å². The highest BCUT2D eigenvalue weighted by Gasteiger charge is 2.42. The summed E-state index contributed by atoms with van der Waals surface area (Å²) >= 11 is 0. The molecule has 2 aliphatic carbocycles. The van der Waals surface area contributed by atoms with E-state index in [9.17, 15) is 0 Å². The lowest BCUT2D eigenvalue weighted by atomic mass is 9.92. The maximum absolute atomic E-state index is 7.18. The van der Waals surface area contributed by atoms with Crippen molar-refractivity contribution in [1.29, 1.82) is 0 Å². The third-order valence-electron chi connectivity index (χ3n) is 7.50. The SMILES string of the molecule is COCOc1ccc(OC)cc1/C(O[Si](C)(C)C(C)(C)C)=C1\C(=C2/CCC=C2C)CC[C@@H]1C. The van der Waals surface area contributed by atoms with Gasteiger partial charge in [0.2, 0.25) is 0 Å². The summed E-state index contributed by atoms with van der Waals surface area (Å²) in [5.74, 6) is 2.95. The highest BCUT2D eigenvalue weighted by atomic mass is 28.4. The summed E-state index contributed by atoms with van der Waals surface area (Å²) in [6.45, 7) is 16.3. The van der Waals surface area contributed by atoms with Crippen molar-refractivity contribution in [2.45, 2.75) is 78.4 Å². The van der Waals surface area contributed by atoms with Crippen LogP contribution in [0.1, 0.15) is 65.9 Å². The first-order valence-corrected chi connectivity index (χ1v) is 15.0. The van der Waals surface area contributed by atoms with Crippen molar-refractivity contribution >= 4 is 14.1 Å². The van der Waals surface area contributed by atoms with Gasteiger partial charge in [0.05, 0.1) is 12.7 Å². The third kappa shape index (κ3) is 5.41. The fourth-order valence-corrected chi connectivity index (χ4v) is 5.52. The van der Waals surface area contributed by atoms with Crippen LogP contribution in [0.2, 0.25) is 18.1 Å². The van der Waals surface area contributed by atoms with Crippen molar-refractivity contribution in [3.05, 3.63) is 52.1 Å². The molecule has 0 bridgehead atoms. The Balaban J connectivity index is 2.31. The number of hydrogen-bond donors (Lipinski definition) is 0. The first-order chi connectivity index (χ1) is 15.5. The van der Waals surface area contributed by atoms with Crippen molar-refractivity contribution in [2.75, 3.05) is 21.0 Å². The van der Waals surface area contributed by atoms with E-state index in [-0.39, 0.29) is 11.8 Å². The Bertz CT molecular complexity index is 963. The Morgan fingerprint density at radius 3 is 2.39 bits per heavy atom. The first kappa shape index (κ1) is 25.6. The summed E-state index contributed by atoms with van der Waals surface area (Å²) in [5, 5.41) is 0.0730. The molecule has 2 aliphatic rings. The van der Waals surface area contributed by atoms with Gasteiger partial charge in [0, 0.05) is 7.11 Å². The molecule has 1 atom stereocenters. The van der Waals surface area contributed by atoms with Crippen LogP contribution in [0.3, 0.4) is 0 Å². The van der Waals surface area contributed by atoms with Gasteiger partial charge in [-0.2, -0.15) is 0 Å². The molecular formula is C28H42O4Si. The molecule has 4 nitrogen and oxygen atoms in total. The van der Waals surface area contributed by atoms with Gasteiger partial charge in [0.15, 0.2) is 6.79 Å². The average Bonchev–Trinajstić information content (AvgIpc) is 3.34. The molecule has 1 fully saturated rings. The highest BCUT2D eigenvalue weighted by molar-refractivity contribution is 6.74. The van der Waals surface area contributed by atoms with E-state index in [4.69, 9.17) is 18.6 Å². The van der Waals surface area contributed by atoms with E-state index in [1.807, 2.05) is 12.1 Å². The summed E-state index contributed by atoms with van der Waals surface area (Å²) in [4.78, 5) is 0. The topological polar surface area (TPSA) is 36.9 Å². The molecule has 33 heavy (non-hydrogen) atoms. The molecule has 182 valence electrons. The second kappa shape index (κ2) is 10.1. The van der Waals surface area contributed by atoms with Crippen molar-refractivity contribution in [3.8, 4) is 11.5 Å². The van der Waals surface area contributed by atoms with Crippen LogP contribution in [0.4, 0.5) is 0 Å². The van der Waals surface area contributed by atoms with Crippen LogP contribution < -0.4 is 9.47 Å². The number of allylic oxidation sites excluding steroid dienone is 5. The predicted molar refractivity (Wildman–Crippen MR) is 139 cm³/mol. The minimum Gasteiger partial charge on any atom is -0.543 e. The lowest BCUT2D eigenvalue weighted by Gasteiger charge is -2.38. The second-order valence-corrected chi connectivity index (χ2v) is 15.6. The van der Waals surface area contributed by atoms with E-state index in [1.165, 1.54) is 22.3 Å². The number of hydrogen-bond acceptors (Lipinski definition) is 4. The summed E-state index contributed by atoms with van der Waals surface area (Å²) in [7, 11) is 1.21. The Morgan fingerprint density at radius 2 is 1.82 bits per heavy atom. The van der Waals surface area contributed by atoms with Gasteiger partial charge in [-0.25, -0.2) is 0 Å². The Hall–Kier alpha value is -1.98. The smallest absolute Gasteiger partial charge is 0.250 e. The fraction of sp³-hybridized carbons (Fsp3) is 0.571. The van der Waals surface area contributed by atoms with Crippen LogP contribution in [0.5, 0.6) is 11.5 Å². The van der Waals surface area contributed by atoms with Crippen molar-refractivity contribution in [3.63, 3.8) is 0 Å². The number of methoxy groups -OCH3 is 2. The Morgan fingerprint density at radius 1 is 1.09 bits per heavy atom. The van der Waals surface area contributed by atoms with Gasteiger partial charge in [-0.15, -0.1) is 0 Å². The minimum absolute atomic E-state index is 0.0730. The summed E-state index contributed by atoms with van der Waals surface area (Å²) in [6.07, 6.45) is 6.86. The van der Waals surface area contributed by atoms with Crippen LogP contribution in [-0.4, -0.2) is 29.3 Å². The monoisotopic (exact) mass is 470 g/mol. The fourth-order valence-electron chi connectivity index (χ4n) is 4.48. The van der Waals surface area contributed by atoms with Crippen molar-refractivity contribution < 1.29 is 18.6 Å². The predicted octanol–water partition coefficient (Wildman–Crippen LogP) is 7.88. The van der Waals surface area contributed by atoms with Crippen molar-refractivity contribution in [1.82, 2.24) is 0 Å². The first-order valence-electron chi connectivity index (χ1n) is 12.1. The molecule has 0 aliphatic heterocycles. The quantitative estimate of drug-likeness (QED) is 0.231. The molecule has 0 unspecified atom stereocenters. The molecule has 1 aromatic rings. The van der Waals surface area contributed by atoms with E-state index in [1.54, 1.807) is 14.2 Å². The van der Waals surface area contributed by atoms with E-state index in [0.29, 0.717) is 5.92 Å². The standard InChI is InChI=1S/C28H42O4Si/c1-19-11-10-12-22(19)23-15-13-20(2)26(23)27(32-33(8,9)28(3,4)5)24-17-21(30-7)14-16-25(24)31-18-29-6/h11,14,16-17,20H,10,12-13,15,18H2,1-9H3/b23-22+,27-26+/t20-/m0/s1. The summed E-state index contributed by atoms with van der Waals surface area (Å²) in [5.41, 5.74) is 6.71. The zero-order valence-corrected chi connectivity index (χ0v) is 23.1. The van der Waals surface area contributed by atoms with Crippen LogP contribution in [-0.2, 0) is 9.16 Å². The van der Waals surface area contributed by atoms with Gasteiger partial charge >= 0.3 is 0 Å². The number of ether oxygens (including phenoxy) is 3. The number of benzene rings is 1. The molecule has 5 heteroatoms. The molecule has 0 radical (unpaired) electrons. The normalized spacial score (nSPS) is 22.9. The van der Waals surface area contributed by atoms with Gasteiger partial charge in [-0.05, 0) is 91.6 Å². The number of rotatable bonds is 7. The minimum atomic E-state index is -2.14. The van der Waals surface area contributed by atoms with Crippen LogP contribution in [0, 0.1) is 5.92 Å². The van der Waals surface area contributed by atoms with Gasteiger partial charge < -0.3 is 18.6 Å². The van der Waals surface area contributed by atoms with E-state index < -0.39 is 8.32 Å². The second-order valence-electron chi connectivity index (χ2n) is 10.8. The summed E-state index contributed by atoms with van der Waals surface area (Å²) < 4.78 is 24.1. The largest absolute Gasteiger partial charge is 0.543 e.